The highest BCUT2D eigenvalue weighted by molar-refractivity contribution is 5.52. The van der Waals surface area contributed by atoms with Crippen molar-refractivity contribution in [2.45, 2.75) is 19.1 Å². The van der Waals surface area contributed by atoms with Gasteiger partial charge in [0, 0.05) is 42.8 Å². The van der Waals surface area contributed by atoms with Gasteiger partial charge in [0.25, 0.3) is 5.56 Å². The van der Waals surface area contributed by atoms with Gasteiger partial charge < -0.3 is 15.0 Å². The third kappa shape index (κ3) is 4.10. The minimum absolute atomic E-state index is 0.102. The van der Waals surface area contributed by atoms with E-state index in [1.807, 2.05) is 55.6 Å². The minimum atomic E-state index is -0.102. The van der Waals surface area contributed by atoms with Gasteiger partial charge in [0.1, 0.15) is 12.4 Å². The van der Waals surface area contributed by atoms with Crippen molar-refractivity contribution in [2.75, 3.05) is 25.0 Å². The lowest BCUT2D eigenvalue weighted by atomic mass is 10.2. The summed E-state index contributed by atoms with van der Waals surface area (Å²) in [7, 11) is 2.01. The molecule has 1 fully saturated rings. The molecular formula is C23H25N3O2. The van der Waals surface area contributed by atoms with Gasteiger partial charge in [0.15, 0.2) is 0 Å². The third-order valence-electron chi connectivity index (χ3n) is 5.23. The molecule has 1 aromatic heterocycles. The molecule has 2 aromatic carbocycles. The predicted molar refractivity (Wildman–Crippen MR) is 112 cm³/mol. The van der Waals surface area contributed by atoms with Crippen LogP contribution in [0, 0.1) is 0 Å². The number of rotatable bonds is 6. The Labute approximate surface area is 165 Å². The normalized spacial score (nSPS) is 16.3. The first-order valence-electron chi connectivity index (χ1n) is 9.65. The molecule has 1 N–H and O–H groups in total. The van der Waals surface area contributed by atoms with Crippen molar-refractivity contribution >= 4 is 5.69 Å². The van der Waals surface area contributed by atoms with E-state index in [4.69, 9.17) is 4.74 Å². The van der Waals surface area contributed by atoms with E-state index in [0.717, 1.165) is 30.8 Å². The average Bonchev–Trinajstić information content (AvgIpc) is 3.23. The molecule has 0 saturated carbocycles. The van der Waals surface area contributed by atoms with Crippen LogP contribution in [0.25, 0.3) is 5.69 Å². The number of anilines is 1. The summed E-state index contributed by atoms with van der Waals surface area (Å²) in [5.41, 5.74) is 3.02. The Bertz CT molecular complexity index is 967. The zero-order chi connectivity index (χ0) is 19.3. The number of nitrogens with zero attached hydrogens (tertiary/aromatic N) is 2. The van der Waals surface area contributed by atoms with E-state index in [1.54, 1.807) is 10.8 Å². The summed E-state index contributed by atoms with van der Waals surface area (Å²) in [6, 6.07) is 22.0. The van der Waals surface area contributed by atoms with Gasteiger partial charge in [-0.25, -0.2) is 0 Å². The molecule has 1 atom stereocenters. The van der Waals surface area contributed by atoms with E-state index < -0.39 is 0 Å². The maximum absolute atomic E-state index is 12.5. The van der Waals surface area contributed by atoms with Crippen LogP contribution in [0.1, 0.15) is 12.0 Å². The Kier molecular flexibility index (Phi) is 5.44. The summed E-state index contributed by atoms with van der Waals surface area (Å²) in [5.74, 6) is 0.580. The number of likely N-dealkylation sites (N-methyl/N-ethyl adjacent to an activating group) is 1. The highest BCUT2D eigenvalue weighted by Gasteiger charge is 2.20. The fourth-order valence-corrected chi connectivity index (χ4v) is 3.56. The molecule has 0 bridgehead atoms. The first kappa shape index (κ1) is 18.3. The van der Waals surface area contributed by atoms with Crippen LogP contribution in [0.5, 0.6) is 5.75 Å². The van der Waals surface area contributed by atoms with Crippen molar-refractivity contribution in [3.05, 3.63) is 88.8 Å². The molecule has 5 nitrogen and oxygen atoms in total. The van der Waals surface area contributed by atoms with E-state index in [0.29, 0.717) is 18.4 Å². The Morgan fingerprint density at radius 1 is 1.04 bits per heavy atom. The van der Waals surface area contributed by atoms with E-state index >= 15 is 0 Å². The second-order valence-electron chi connectivity index (χ2n) is 7.08. The Hall–Kier alpha value is -3.05. The van der Waals surface area contributed by atoms with E-state index in [9.17, 15) is 4.79 Å². The molecule has 28 heavy (non-hydrogen) atoms. The summed E-state index contributed by atoms with van der Waals surface area (Å²) in [4.78, 5) is 14.9. The van der Waals surface area contributed by atoms with Gasteiger partial charge in [0.05, 0.1) is 0 Å². The van der Waals surface area contributed by atoms with Gasteiger partial charge in [-0.3, -0.25) is 9.36 Å². The Balaban J connectivity index is 1.45. The molecule has 5 heteroatoms. The summed E-state index contributed by atoms with van der Waals surface area (Å²) in [6.07, 6.45) is 2.92. The number of hydrogen-bond acceptors (Lipinski definition) is 4. The number of nitrogens with one attached hydrogen (secondary N) is 1. The van der Waals surface area contributed by atoms with Crippen molar-refractivity contribution < 1.29 is 4.74 Å². The van der Waals surface area contributed by atoms with Gasteiger partial charge in [-0.15, -0.1) is 0 Å². The van der Waals surface area contributed by atoms with Gasteiger partial charge in [-0.1, -0.05) is 30.3 Å². The molecule has 3 aromatic rings. The van der Waals surface area contributed by atoms with Crippen molar-refractivity contribution in [1.29, 1.82) is 0 Å². The second kappa shape index (κ2) is 8.31. The van der Waals surface area contributed by atoms with Gasteiger partial charge >= 0.3 is 0 Å². The van der Waals surface area contributed by atoms with Crippen LogP contribution in [-0.2, 0) is 6.61 Å². The van der Waals surface area contributed by atoms with Crippen LogP contribution >= 0.6 is 0 Å². The quantitative estimate of drug-likeness (QED) is 0.719. The molecule has 1 saturated heterocycles. The largest absolute Gasteiger partial charge is 0.489 e. The first-order valence-corrected chi connectivity index (χ1v) is 9.65. The summed E-state index contributed by atoms with van der Waals surface area (Å²) >= 11 is 0. The maximum Gasteiger partial charge on any atom is 0.258 e. The smallest absolute Gasteiger partial charge is 0.258 e. The molecule has 1 unspecified atom stereocenters. The lowest BCUT2D eigenvalue weighted by Gasteiger charge is -2.19. The number of ether oxygens (including phenoxy) is 1. The van der Waals surface area contributed by atoms with E-state index in [1.165, 1.54) is 11.8 Å². The molecule has 4 rings (SSSR count). The first-order chi connectivity index (χ1) is 13.7. The van der Waals surface area contributed by atoms with Crippen LogP contribution in [0.3, 0.4) is 0 Å². The zero-order valence-electron chi connectivity index (χ0n) is 16.0. The molecule has 144 valence electrons. The molecule has 0 aliphatic carbocycles. The van der Waals surface area contributed by atoms with Crippen LogP contribution < -0.4 is 20.5 Å². The SMILES string of the molecule is CNC1CCN(c2ccc(-n3ccc(OCc4ccccc4)cc3=O)cc2)C1. The van der Waals surface area contributed by atoms with Crippen LogP contribution in [0.4, 0.5) is 5.69 Å². The monoisotopic (exact) mass is 375 g/mol. The highest BCUT2D eigenvalue weighted by Crippen LogP contribution is 2.22. The number of aromatic nitrogens is 1. The Morgan fingerprint density at radius 3 is 2.46 bits per heavy atom. The molecule has 0 spiro atoms. The zero-order valence-corrected chi connectivity index (χ0v) is 16.0. The van der Waals surface area contributed by atoms with Crippen LogP contribution in [0.2, 0.25) is 0 Å². The fraction of sp³-hybridized carbons (Fsp3) is 0.261. The van der Waals surface area contributed by atoms with Crippen molar-refractivity contribution in [2.24, 2.45) is 0 Å². The van der Waals surface area contributed by atoms with Crippen LogP contribution in [-0.4, -0.2) is 30.7 Å². The van der Waals surface area contributed by atoms with Crippen LogP contribution in [0.15, 0.2) is 77.7 Å². The van der Waals surface area contributed by atoms with Gasteiger partial charge in [-0.05, 0) is 49.4 Å². The number of hydrogen-bond donors (Lipinski definition) is 1. The van der Waals surface area contributed by atoms with Gasteiger partial charge in [0.2, 0.25) is 0 Å². The molecule has 1 aliphatic rings. The molecule has 1 aliphatic heterocycles. The maximum atomic E-state index is 12.5. The fourth-order valence-electron chi connectivity index (χ4n) is 3.56. The molecule has 2 heterocycles. The molecular weight excluding hydrogens is 350 g/mol. The lowest BCUT2D eigenvalue weighted by Crippen LogP contribution is -2.29. The third-order valence-corrected chi connectivity index (χ3v) is 5.23. The molecule has 0 radical (unpaired) electrons. The summed E-state index contributed by atoms with van der Waals surface area (Å²) in [5, 5.41) is 3.34. The predicted octanol–water partition coefficient (Wildman–Crippen LogP) is 3.21. The average molecular weight is 375 g/mol. The number of pyridine rings is 1. The summed E-state index contributed by atoms with van der Waals surface area (Å²) in [6.45, 7) is 2.52. The molecule has 0 amide bonds. The van der Waals surface area contributed by atoms with Gasteiger partial charge in [-0.2, -0.15) is 0 Å². The standard InChI is InChI=1S/C23H25N3O2/c1-24-19-11-13-25(16-19)20-7-9-21(10-8-20)26-14-12-22(15-23(26)27)28-17-18-5-3-2-4-6-18/h2-10,12,14-15,19,24H,11,13,16-17H2,1H3. The topological polar surface area (TPSA) is 46.5 Å². The van der Waals surface area contributed by atoms with E-state index in [-0.39, 0.29) is 5.56 Å². The summed E-state index contributed by atoms with van der Waals surface area (Å²) < 4.78 is 7.38. The van der Waals surface area contributed by atoms with Crippen molar-refractivity contribution in [1.82, 2.24) is 9.88 Å². The van der Waals surface area contributed by atoms with Crippen molar-refractivity contribution in [3.63, 3.8) is 0 Å². The minimum Gasteiger partial charge on any atom is -0.489 e. The number of benzene rings is 2. The Morgan fingerprint density at radius 2 is 1.79 bits per heavy atom. The lowest BCUT2D eigenvalue weighted by molar-refractivity contribution is 0.305. The second-order valence-corrected chi connectivity index (χ2v) is 7.08. The highest BCUT2D eigenvalue weighted by atomic mass is 16.5. The van der Waals surface area contributed by atoms with Crippen molar-refractivity contribution in [3.8, 4) is 11.4 Å². The van der Waals surface area contributed by atoms with E-state index in [2.05, 4.69) is 22.3 Å².